The third kappa shape index (κ3) is 3.95. The summed E-state index contributed by atoms with van der Waals surface area (Å²) in [5, 5.41) is 17.5. The van der Waals surface area contributed by atoms with Crippen molar-refractivity contribution < 1.29 is 8.42 Å². The monoisotopic (exact) mass is 384 g/mol. The molecule has 0 saturated heterocycles. The van der Waals surface area contributed by atoms with Crippen LogP contribution in [0.4, 0.5) is 0 Å². The lowest BCUT2D eigenvalue weighted by Crippen LogP contribution is -2.11. The van der Waals surface area contributed by atoms with E-state index in [0.29, 0.717) is 11.0 Å². The number of sulfone groups is 1. The molecular formula is C18H16N4O2S2. The van der Waals surface area contributed by atoms with Gasteiger partial charge in [-0.15, -0.1) is 10.2 Å². The maximum Gasteiger partial charge on any atom is 0.196 e. The van der Waals surface area contributed by atoms with Crippen molar-refractivity contribution in [3.8, 4) is 11.8 Å². The van der Waals surface area contributed by atoms with E-state index >= 15 is 0 Å². The molecule has 8 heteroatoms. The van der Waals surface area contributed by atoms with Gasteiger partial charge < -0.3 is 0 Å². The quantitative estimate of drug-likeness (QED) is 0.607. The summed E-state index contributed by atoms with van der Waals surface area (Å²) >= 11 is 1.22. The number of benzene rings is 2. The number of para-hydroxylation sites is 1. The Morgan fingerprint density at radius 3 is 2.42 bits per heavy atom. The summed E-state index contributed by atoms with van der Waals surface area (Å²) in [6, 6.07) is 18.1. The van der Waals surface area contributed by atoms with Crippen LogP contribution in [-0.2, 0) is 15.6 Å². The minimum Gasteiger partial charge on any atom is -0.273 e. The fourth-order valence-electron chi connectivity index (χ4n) is 2.42. The predicted octanol–water partition coefficient (Wildman–Crippen LogP) is 3.17. The third-order valence-corrected chi connectivity index (χ3v) is 6.10. The molecule has 0 radical (unpaired) electrons. The normalized spacial score (nSPS) is 11.2. The average molecular weight is 384 g/mol. The first-order valence-electron chi connectivity index (χ1n) is 7.80. The maximum absolute atomic E-state index is 12.8. The number of thioether (sulfide) groups is 1. The standard InChI is InChI=1S/C18H16N4O2S2/c1-14-7-9-16(10-8-14)26(23,24)13-17-20-21-18(25-12-11-19)22(17)15-5-3-2-4-6-15/h2-10H,12-13H2,1H3. The Morgan fingerprint density at radius 2 is 1.77 bits per heavy atom. The molecule has 0 amide bonds. The number of aromatic nitrogens is 3. The first-order chi connectivity index (χ1) is 12.5. The topological polar surface area (TPSA) is 88.6 Å². The van der Waals surface area contributed by atoms with Gasteiger partial charge in [-0.05, 0) is 31.2 Å². The number of aryl methyl sites for hydroxylation is 1. The Kier molecular flexibility index (Phi) is 5.40. The second-order valence-corrected chi connectivity index (χ2v) is 8.52. The van der Waals surface area contributed by atoms with Crippen molar-refractivity contribution >= 4 is 21.6 Å². The molecule has 0 fully saturated rings. The molecule has 0 aliphatic rings. The summed E-state index contributed by atoms with van der Waals surface area (Å²) in [5.41, 5.74) is 1.75. The van der Waals surface area contributed by atoms with E-state index in [-0.39, 0.29) is 16.4 Å². The van der Waals surface area contributed by atoms with Crippen molar-refractivity contribution in [3.05, 3.63) is 66.0 Å². The molecule has 0 aliphatic heterocycles. The predicted molar refractivity (Wildman–Crippen MR) is 99.8 cm³/mol. The first-order valence-corrected chi connectivity index (χ1v) is 10.4. The summed E-state index contributed by atoms with van der Waals surface area (Å²) < 4.78 is 27.2. The second-order valence-electron chi connectivity index (χ2n) is 5.59. The van der Waals surface area contributed by atoms with E-state index in [9.17, 15) is 8.42 Å². The number of rotatable bonds is 6. The van der Waals surface area contributed by atoms with Crippen LogP contribution in [0.5, 0.6) is 0 Å². The average Bonchev–Trinajstić information content (AvgIpc) is 3.02. The fourth-order valence-corrected chi connectivity index (χ4v) is 4.30. The summed E-state index contributed by atoms with van der Waals surface area (Å²) in [7, 11) is -3.57. The van der Waals surface area contributed by atoms with Gasteiger partial charge in [0, 0.05) is 5.69 Å². The van der Waals surface area contributed by atoms with E-state index in [1.165, 1.54) is 11.8 Å². The molecule has 0 saturated carbocycles. The maximum atomic E-state index is 12.8. The molecular weight excluding hydrogens is 368 g/mol. The van der Waals surface area contributed by atoms with E-state index in [2.05, 4.69) is 10.2 Å². The lowest BCUT2D eigenvalue weighted by molar-refractivity contribution is 0.593. The number of nitriles is 1. The van der Waals surface area contributed by atoms with Crippen LogP contribution in [0, 0.1) is 18.3 Å². The zero-order chi connectivity index (χ0) is 18.6. The molecule has 0 bridgehead atoms. The van der Waals surface area contributed by atoms with Gasteiger partial charge in [-0.2, -0.15) is 5.26 Å². The Morgan fingerprint density at radius 1 is 1.08 bits per heavy atom. The lowest BCUT2D eigenvalue weighted by Gasteiger charge is -2.10. The minimum atomic E-state index is -3.57. The zero-order valence-electron chi connectivity index (χ0n) is 14.0. The number of hydrogen-bond acceptors (Lipinski definition) is 6. The highest BCUT2D eigenvalue weighted by molar-refractivity contribution is 7.99. The summed E-state index contributed by atoms with van der Waals surface area (Å²) in [4.78, 5) is 0.247. The minimum absolute atomic E-state index is 0.204. The Balaban J connectivity index is 2.01. The van der Waals surface area contributed by atoms with Crippen LogP contribution in [0.15, 0.2) is 64.6 Å². The summed E-state index contributed by atoms with van der Waals surface area (Å²) in [5.74, 6) is 0.248. The van der Waals surface area contributed by atoms with E-state index in [4.69, 9.17) is 5.26 Å². The second kappa shape index (κ2) is 7.72. The van der Waals surface area contributed by atoms with Crippen molar-refractivity contribution in [1.82, 2.24) is 14.8 Å². The molecule has 132 valence electrons. The lowest BCUT2D eigenvalue weighted by atomic mass is 10.2. The van der Waals surface area contributed by atoms with E-state index in [1.54, 1.807) is 28.8 Å². The first kappa shape index (κ1) is 18.2. The third-order valence-electron chi connectivity index (χ3n) is 3.68. The number of nitrogens with zero attached hydrogens (tertiary/aromatic N) is 4. The van der Waals surface area contributed by atoms with Crippen molar-refractivity contribution in [1.29, 1.82) is 5.26 Å². The van der Waals surface area contributed by atoms with Gasteiger partial charge in [-0.25, -0.2) is 8.42 Å². The van der Waals surface area contributed by atoms with Gasteiger partial charge >= 0.3 is 0 Å². The van der Waals surface area contributed by atoms with Crippen LogP contribution in [0.3, 0.4) is 0 Å². The smallest absolute Gasteiger partial charge is 0.196 e. The van der Waals surface area contributed by atoms with Gasteiger partial charge in [0.25, 0.3) is 0 Å². The van der Waals surface area contributed by atoms with Gasteiger partial charge in [-0.1, -0.05) is 47.7 Å². The van der Waals surface area contributed by atoms with Gasteiger partial charge in [0.05, 0.1) is 16.7 Å². The molecule has 0 atom stereocenters. The van der Waals surface area contributed by atoms with Crippen LogP contribution in [0.25, 0.3) is 5.69 Å². The van der Waals surface area contributed by atoms with Crippen LogP contribution in [0.2, 0.25) is 0 Å². The molecule has 3 aromatic rings. The molecule has 1 aromatic heterocycles. The molecule has 0 N–H and O–H groups in total. The highest BCUT2D eigenvalue weighted by atomic mass is 32.2. The van der Waals surface area contributed by atoms with E-state index < -0.39 is 9.84 Å². The number of hydrogen-bond donors (Lipinski definition) is 0. The van der Waals surface area contributed by atoms with Crippen LogP contribution in [-0.4, -0.2) is 28.9 Å². The Labute approximate surface area is 156 Å². The molecule has 0 unspecified atom stereocenters. The molecule has 0 aliphatic carbocycles. The molecule has 0 spiro atoms. The fraction of sp³-hybridized carbons (Fsp3) is 0.167. The molecule has 3 rings (SSSR count). The molecule has 26 heavy (non-hydrogen) atoms. The van der Waals surface area contributed by atoms with Crippen LogP contribution < -0.4 is 0 Å². The molecule has 6 nitrogen and oxygen atoms in total. The van der Waals surface area contributed by atoms with Crippen LogP contribution >= 0.6 is 11.8 Å². The Bertz CT molecular complexity index is 1040. The summed E-state index contributed by atoms with van der Waals surface area (Å²) in [6.07, 6.45) is 0. The van der Waals surface area contributed by atoms with Gasteiger partial charge in [0.1, 0.15) is 5.75 Å². The largest absolute Gasteiger partial charge is 0.273 e. The summed E-state index contributed by atoms with van der Waals surface area (Å²) in [6.45, 7) is 1.90. The molecule has 1 heterocycles. The van der Waals surface area contributed by atoms with Crippen LogP contribution in [0.1, 0.15) is 11.4 Å². The van der Waals surface area contributed by atoms with Crippen molar-refractivity contribution in [2.45, 2.75) is 22.7 Å². The van der Waals surface area contributed by atoms with Gasteiger partial charge in [-0.3, -0.25) is 4.57 Å². The van der Waals surface area contributed by atoms with Gasteiger partial charge in [0.2, 0.25) is 0 Å². The van der Waals surface area contributed by atoms with E-state index in [0.717, 1.165) is 11.3 Å². The van der Waals surface area contributed by atoms with Gasteiger partial charge in [0.15, 0.2) is 20.8 Å². The van der Waals surface area contributed by atoms with E-state index in [1.807, 2.05) is 43.3 Å². The molecule has 2 aromatic carbocycles. The van der Waals surface area contributed by atoms with Crippen molar-refractivity contribution in [3.63, 3.8) is 0 Å². The highest BCUT2D eigenvalue weighted by Gasteiger charge is 2.22. The zero-order valence-corrected chi connectivity index (χ0v) is 15.7. The Hall–Kier alpha value is -2.63. The van der Waals surface area contributed by atoms with Crippen molar-refractivity contribution in [2.75, 3.05) is 5.75 Å². The highest BCUT2D eigenvalue weighted by Crippen LogP contribution is 2.24. The SMILES string of the molecule is Cc1ccc(S(=O)(=O)Cc2nnc(SCC#N)n2-c2ccccc2)cc1. The van der Waals surface area contributed by atoms with Crippen molar-refractivity contribution in [2.24, 2.45) is 0 Å².